The van der Waals surface area contributed by atoms with E-state index >= 15 is 0 Å². The minimum atomic E-state index is -1.08. The standard InChI is InChI=1S/C32H35N5O6/c1-36(2)20-33-30-34-21-37(31(39)35-30)29-18-27(38)28(43-29)19-42-32(22-8-6-5-7-9-22,23-10-14-25(40-3)15-11-23)24-12-16-26(41-4)17-13-24/h5-17,20-21,27-29,38H,18-19H2,1-4H3/b33-20+. The van der Waals surface area contributed by atoms with Gasteiger partial charge in [0.25, 0.3) is 5.95 Å². The lowest BCUT2D eigenvalue weighted by Gasteiger charge is -2.37. The van der Waals surface area contributed by atoms with Crippen molar-refractivity contribution >= 4 is 12.3 Å². The zero-order valence-electron chi connectivity index (χ0n) is 24.5. The molecule has 1 aromatic heterocycles. The number of aliphatic hydroxyl groups excluding tert-OH is 1. The molecule has 1 saturated heterocycles. The lowest BCUT2D eigenvalue weighted by atomic mass is 9.80. The molecule has 1 fully saturated rings. The van der Waals surface area contributed by atoms with Gasteiger partial charge in [0.1, 0.15) is 35.8 Å². The maximum atomic E-state index is 12.8. The molecule has 11 nitrogen and oxygen atoms in total. The number of aliphatic hydroxyl groups is 1. The Labute approximate surface area is 250 Å². The third-order valence-electron chi connectivity index (χ3n) is 7.27. The van der Waals surface area contributed by atoms with Crippen LogP contribution in [0.2, 0.25) is 0 Å². The van der Waals surface area contributed by atoms with Crippen LogP contribution in [0.4, 0.5) is 5.95 Å². The van der Waals surface area contributed by atoms with E-state index in [9.17, 15) is 9.90 Å². The molecule has 1 N–H and O–H groups in total. The molecule has 224 valence electrons. The molecule has 3 unspecified atom stereocenters. The van der Waals surface area contributed by atoms with E-state index < -0.39 is 29.7 Å². The number of methoxy groups -OCH3 is 2. The fourth-order valence-corrected chi connectivity index (χ4v) is 5.08. The normalized spacial score (nSPS) is 18.6. The van der Waals surface area contributed by atoms with Gasteiger partial charge in [-0.15, -0.1) is 0 Å². The number of nitrogens with zero attached hydrogens (tertiary/aromatic N) is 5. The van der Waals surface area contributed by atoms with E-state index in [2.05, 4.69) is 15.0 Å². The number of rotatable bonds is 11. The summed E-state index contributed by atoms with van der Waals surface area (Å²) in [5.74, 6) is 1.47. The van der Waals surface area contributed by atoms with Gasteiger partial charge in [-0.3, -0.25) is 4.57 Å². The fourth-order valence-electron chi connectivity index (χ4n) is 5.08. The average Bonchev–Trinajstić information content (AvgIpc) is 3.41. The molecule has 4 aromatic rings. The van der Waals surface area contributed by atoms with E-state index in [0.717, 1.165) is 16.7 Å². The van der Waals surface area contributed by atoms with E-state index in [0.29, 0.717) is 11.5 Å². The van der Waals surface area contributed by atoms with Crippen LogP contribution in [0.5, 0.6) is 11.5 Å². The lowest BCUT2D eigenvalue weighted by molar-refractivity contribution is -0.0945. The van der Waals surface area contributed by atoms with Crippen LogP contribution in [-0.2, 0) is 15.1 Å². The number of hydrogen-bond acceptors (Lipinski definition) is 9. The highest BCUT2D eigenvalue weighted by molar-refractivity contribution is 5.57. The van der Waals surface area contributed by atoms with Gasteiger partial charge in [0.05, 0.1) is 33.3 Å². The Bertz CT molecular complexity index is 1530. The number of aromatic nitrogens is 3. The van der Waals surface area contributed by atoms with Gasteiger partial charge in [-0.1, -0.05) is 54.6 Å². The van der Waals surface area contributed by atoms with Crippen molar-refractivity contribution in [2.24, 2.45) is 4.99 Å². The molecule has 2 heterocycles. The molecule has 0 aliphatic carbocycles. The van der Waals surface area contributed by atoms with Crippen molar-refractivity contribution in [3.63, 3.8) is 0 Å². The predicted octanol–water partition coefficient (Wildman–Crippen LogP) is 3.53. The first-order valence-electron chi connectivity index (χ1n) is 13.8. The number of hydrogen-bond donors (Lipinski definition) is 1. The van der Waals surface area contributed by atoms with Gasteiger partial charge in [0.15, 0.2) is 0 Å². The van der Waals surface area contributed by atoms with Crippen molar-refractivity contribution in [3.8, 4) is 11.5 Å². The highest BCUT2D eigenvalue weighted by Gasteiger charge is 2.42. The molecule has 5 rings (SSSR count). The van der Waals surface area contributed by atoms with Crippen LogP contribution in [0.3, 0.4) is 0 Å². The lowest BCUT2D eigenvalue weighted by Crippen LogP contribution is -2.38. The molecule has 0 radical (unpaired) electrons. The zero-order chi connectivity index (χ0) is 30.4. The summed E-state index contributed by atoms with van der Waals surface area (Å²) in [6.07, 6.45) is 0.609. The van der Waals surface area contributed by atoms with Crippen LogP contribution >= 0.6 is 0 Å². The molecule has 1 aliphatic heterocycles. The minimum Gasteiger partial charge on any atom is -0.497 e. The predicted molar refractivity (Wildman–Crippen MR) is 161 cm³/mol. The Morgan fingerprint density at radius 2 is 1.56 bits per heavy atom. The molecule has 3 aromatic carbocycles. The van der Waals surface area contributed by atoms with Crippen molar-refractivity contribution in [2.45, 2.75) is 30.5 Å². The number of aliphatic imine (C=N–C) groups is 1. The number of ether oxygens (including phenoxy) is 4. The fraction of sp³-hybridized carbons (Fsp3) is 0.312. The minimum absolute atomic E-state index is 0.0193. The smallest absolute Gasteiger partial charge is 0.354 e. The van der Waals surface area contributed by atoms with Crippen LogP contribution in [0.25, 0.3) is 0 Å². The quantitative estimate of drug-likeness (QED) is 0.160. The Morgan fingerprint density at radius 1 is 0.977 bits per heavy atom. The van der Waals surface area contributed by atoms with E-state index in [1.807, 2.05) is 78.9 Å². The average molecular weight is 586 g/mol. The van der Waals surface area contributed by atoms with Gasteiger partial charge >= 0.3 is 5.69 Å². The van der Waals surface area contributed by atoms with Crippen molar-refractivity contribution < 1.29 is 24.1 Å². The van der Waals surface area contributed by atoms with E-state index in [4.69, 9.17) is 18.9 Å². The molecule has 0 amide bonds. The van der Waals surface area contributed by atoms with Gasteiger partial charge in [0.2, 0.25) is 0 Å². The first-order valence-corrected chi connectivity index (χ1v) is 13.8. The van der Waals surface area contributed by atoms with Gasteiger partial charge in [-0.2, -0.15) is 4.98 Å². The molecule has 1 aliphatic rings. The molecular formula is C32H35N5O6. The Kier molecular flexibility index (Phi) is 9.15. The summed E-state index contributed by atoms with van der Waals surface area (Å²) in [6.45, 7) is 0.0193. The van der Waals surface area contributed by atoms with Gasteiger partial charge in [0, 0.05) is 20.5 Å². The second-order valence-corrected chi connectivity index (χ2v) is 10.3. The van der Waals surface area contributed by atoms with E-state index in [1.165, 1.54) is 17.2 Å². The summed E-state index contributed by atoms with van der Waals surface area (Å²) in [6, 6.07) is 25.2. The monoisotopic (exact) mass is 585 g/mol. The second-order valence-electron chi connectivity index (χ2n) is 10.3. The number of benzene rings is 3. The summed E-state index contributed by atoms with van der Waals surface area (Å²) in [5.41, 5.74) is 0.939. The maximum Gasteiger partial charge on any atom is 0.354 e. The van der Waals surface area contributed by atoms with Crippen molar-refractivity contribution in [1.29, 1.82) is 0 Å². The van der Waals surface area contributed by atoms with E-state index in [1.54, 1.807) is 33.2 Å². The van der Waals surface area contributed by atoms with Crippen LogP contribution < -0.4 is 15.2 Å². The summed E-state index contributed by atoms with van der Waals surface area (Å²) in [7, 11) is 6.85. The largest absolute Gasteiger partial charge is 0.497 e. The second kappa shape index (κ2) is 13.2. The Morgan fingerprint density at radius 3 is 2.09 bits per heavy atom. The molecule has 0 saturated carbocycles. The summed E-state index contributed by atoms with van der Waals surface area (Å²) < 4.78 is 25.1. The summed E-state index contributed by atoms with van der Waals surface area (Å²) >= 11 is 0. The molecule has 0 bridgehead atoms. The van der Waals surface area contributed by atoms with Crippen LogP contribution in [0.15, 0.2) is 95.0 Å². The van der Waals surface area contributed by atoms with Crippen molar-refractivity contribution in [1.82, 2.24) is 19.4 Å². The van der Waals surface area contributed by atoms with Gasteiger partial charge < -0.3 is 29.0 Å². The van der Waals surface area contributed by atoms with Crippen molar-refractivity contribution in [2.75, 3.05) is 34.9 Å². The van der Waals surface area contributed by atoms with Crippen molar-refractivity contribution in [3.05, 3.63) is 112 Å². The van der Waals surface area contributed by atoms with Crippen LogP contribution in [0, 0.1) is 0 Å². The maximum absolute atomic E-state index is 12.8. The summed E-state index contributed by atoms with van der Waals surface area (Å²) in [4.78, 5) is 26.6. The Balaban J connectivity index is 1.47. The van der Waals surface area contributed by atoms with Gasteiger partial charge in [-0.05, 0) is 41.0 Å². The first kappa shape index (κ1) is 29.9. The first-order chi connectivity index (χ1) is 20.8. The molecular weight excluding hydrogens is 550 g/mol. The van der Waals surface area contributed by atoms with E-state index in [-0.39, 0.29) is 19.0 Å². The topological polar surface area (TPSA) is 121 Å². The summed E-state index contributed by atoms with van der Waals surface area (Å²) in [5, 5.41) is 11.0. The molecule has 43 heavy (non-hydrogen) atoms. The highest BCUT2D eigenvalue weighted by Crippen LogP contribution is 2.42. The highest BCUT2D eigenvalue weighted by atomic mass is 16.6. The van der Waals surface area contributed by atoms with Crippen LogP contribution in [-0.4, -0.2) is 78.0 Å². The van der Waals surface area contributed by atoms with Crippen LogP contribution in [0.1, 0.15) is 29.3 Å². The third-order valence-corrected chi connectivity index (χ3v) is 7.27. The molecule has 0 spiro atoms. The SMILES string of the molecule is COc1ccc(C(OCC2OC(n3cnc(/N=C/N(C)C)nc3=O)CC2O)(c2ccccc2)c2ccc(OC)cc2)cc1. The Hall–Kier alpha value is -4.58. The molecule has 11 heteroatoms. The zero-order valence-corrected chi connectivity index (χ0v) is 24.5. The third kappa shape index (κ3) is 6.43. The van der Waals surface area contributed by atoms with Gasteiger partial charge in [-0.25, -0.2) is 14.8 Å². The molecule has 3 atom stereocenters.